The van der Waals surface area contributed by atoms with Crippen molar-refractivity contribution in [1.82, 2.24) is 25.5 Å². The summed E-state index contributed by atoms with van der Waals surface area (Å²) >= 11 is 0. The first-order chi connectivity index (χ1) is 11.4. The Morgan fingerprint density at radius 2 is 2.21 bits per heavy atom. The molecule has 1 aromatic heterocycles. The van der Waals surface area contributed by atoms with Crippen LogP contribution in [-0.4, -0.2) is 58.4 Å². The highest BCUT2D eigenvalue weighted by Gasteiger charge is 2.32. The summed E-state index contributed by atoms with van der Waals surface area (Å²) in [7, 11) is 0. The summed E-state index contributed by atoms with van der Waals surface area (Å²) in [5.74, 6) is 0.256. The second kappa shape index (κ2) is 8.05. The van der Waals surface area contributed by atoms with Crippen molar-refractivity contribution in [1.29, 1.82) is 0 Å². The number of nitrogens with one attached hydrogen (secondary N) is 3. The molecule has 132 valence electrons. The molecule has 0 saturated carbocycles. The first-order valence-electron chi connectivity index (χ1n) is 8.24. The first-order valence-corrected chi connectivity index (χ1v) is 8.24. The summed E-state index contributed by atoms with van der Waals surface area (Å²) in [4.78, 5) is 44.4. The molecule has 2 amide bonds. The SMILES string of the molecule is Cc1cc(=O)[nH]c(CCNC(=O)C[C@H]2C(=O)NCCN2C(C)C)n1. The minimum absolute atomic E-state index is 0.102. The molecule has 0 bridgehead atoms. The van der Waals surface area contributed by atoms with Crippen LogP contribution in [-0.2, 0) is 16.0 Å². The zero-order chi connectivity index (χ0) is 17.7. The fraction of sp³-hybridized carbons (Fsp3) is 0.625. The number of aromatic amines is 1. The van der Waals surface area contributed by atoms with Crippen molar-refractivity contribution in [2.45, 2.75) is 45.7 Å². The van der Waals surface area contributed by atoms with E-state index < -0.39 is 6.04 Å². The van der Waals surface area contributed by atoms with Crippen LogP contribution >= 0.6 is 0 Å². The predicted octanol–water partition coefficient (Wildman–Crippen LogP) is -0.664. The van der Waals surface area contributed by atoms with E-state index in [0.29, 0.717) is 31.0 Å². The molecule has 0 radical (unpaired) electrons. The molecular formula is C16H25N5O3. The molecule has 24 heavy (non-hydrogen) atoms. The molecule has 2 rings (SSSR count). The smallest absolute Gasteiger partial charge is 0.251 e. The molecule has 1 fully saturated rings. The number of aryl methyl sites for hydroxylation is 1. The van der Waals surface area contributed by atoms with Gasteiger partial charge in [0.15, 0.2) is 0 Å². The molecule has 0 aromatic carbocycles. The summed E-state index contributed by atoms with van der Waals surface area (Å²) in [6.07, 6.45) is 0.565. The average molecular weight is 335 g/mol. The van der Waals surface area contributed by atoms with E-state index in [1.54, 1.807) is 6.92 Å². The highest BCUT2D eigenvalue weighted by atomic mass is 16.2. The number of aromatic nitrogens is 2. The van der Waals surface area contributed by atoms with Crippen molar-refractivity contribution in [2.75, 3.05) is 19.6 Å². The lowest BCUT2D eigenvalue weighted by Gasteiger charge is -2.37. The minimum atomic E-state index is -0.435. The summed E-state index contributed by atoms with van der Waals surface area (Å²) in [6, 6.07) is 1.19. The lowest BCUT2D eigenvalue weighted by atomic mass is 10.1. The second-order valence-electron chi connectivity index (χ2n) is 6.28. The molecule has 0 spiro atoms. The quantitative estimate of drug-likeness (QED) is 0.639. The van der Waals surface area contributed by atoms with Crippen LogP contribution in [0, 0.1) is 6.92 Å². The van der Waals surface area contributed by atoms with Crippen LogP contribution in [0.15, 0.2) is 10.9 Å². The van der Waals surface area contributed by atoms with E-state index in [1.807, 2.05) is 18.7 Å². The highest BCUT2D eigenvalue weighted by molar-refractivity contribution is 5.88. The fourth-order valence-electron chi connectivity index (χ4n) is 2.89. The molecule has 0 unspecified atom stereocenters. The minimum Gasteiger partial charge on any atom is -0.356 e. The van der Waals surface area contributed by atoms with E-state index in [1.165, 1.54) is 6.07 Å². The fourth-order valence-corrected chi connectivity index (χ4v) is 2.89. The number of carbonyl (C=O) groups is 2. The van der Waals surface area contributed by atoms with E-state index in [9.17, 15) is 14.4 Å². The molecule has 0 aliphatic carbocycles. The van der Waals surface area contributed by atoms with Gasteiger partial charge in [-0.1, -0.05) is 0 Å². The van der Waals surface area contributed by atoms with Gasteiger partial charge in [-0.05, 0) is 20.8 Å². The van der Waals surface area contributed by atoms with Crippen LogP contribution in [0.25, 0.3) is 0 Å². The Bertz CT molecular complexity index is 655. The third-order valence-corrected chi connectivity index (χ3v) is 4.02. The molecule has 8 heteroatoms. The highest BCUT2D eigenvalue weighted by Crippen LogP contribution is 2.12. The van der Waals surface area contributed by atoms with Gasteiger partial charge in [0.05, 0.1) is 12.5 Å². The number of hydrogen-bond acceptors (Lipinski definition) is 5. The van der Waals surface area contributed by atoms with Crippen LogP contribution in [0.5, 0.6) is 0 Å². The van der Waals surface area contributed by atoms with Crippen LogP contribution < -0.4 is 16.2 Å². The van der Waals surface area contributed by atoms with E-state index >= 15 is 0 Å². The molecule has 1 aromatic rings. The monoisotopic (exact) mass is 335 g/mol. The lowest BCUT2D eigenvalue weighted by molar-refractivity contribution is -0.134. The van der Waals surface area contributed by atoms with Crippen LogP contribution in [0.3, 0.4) is 0 Å². The van der Waals surface area contributed by atoms with Gasteiger partial charge in [-0.25, -0.2) is 4.98 Å². The van der Waals surface area contributed by atoms with E-state index in [0.717, 1.165) is 6.54 Å². The molecular weight excluding hydrogens is 310 g/mol. The molecule has 1 atom stereocenters. The van der Waals surface area contributed by atoms with Crippen molar-refractivity contribution in [3.63, 3.8) is 0 Å². The molecule has 3 N–H and O–H groups in total. The van der Waals surface area contributed by atoms with Gasteiger partial charge in [0.1, 0.15) is 5.82 Å². The van der Waals surface area contributed by atoms with Gasteiger partial charge in [0.25, 0.3) is 5.56 Å². The number of carbonyl (C=O) groups excluding carboxylic acids is 2. The Labute approximate surface area is 141 Å². The van der Waals surface area contributed by atoms with Gasteiger partial charge < -0.3 is 15.6 Å². The molecule has 2 heterocycles. The van der Waals surface area contributed by atoms with Crippen molar-refractivity contribution in [2.24, 2.45) is 0 Å². The van der Waals surface area contributed by atoms with Crippen LogP contribution in [0.4, 0.5) is 0 Å². The summed E-state index contributed by atoms with van der Waals surface area (Å²) in [6.45, 7) is 7.50. The Hall–Kier alpha value is -2.22. The largest absolute Gasteiger partial charge is 0.356 e. The van der Waals surface area contributed by atoms with Gasteiger partial charge >= 0.3 is 0 Å². The van der Waals surface area contributed by atoms with E-state index in [-0.39, 0.29) is 29.8 Å². The van der Waals surface area contributed by atoms with Crippen molar-refractivity contribution in [3.05, 3.63) is 27.9 Å². The molecule has 8 nitrogen and oxygen atoms in total. The zero-order valence-electron chi connectivity index (χ0n) is 14.4. The number of rotatable bonds is 6. The van der Waals surface area contributed by atoms with Gasteiger partial charge in [0, 0.05) is 43.9 Å². The number of piperazine rings is 1. The standard InChI is InChI=1S/C16H25N5O3/c1-10(2)21-7-6-18-16(24)12(21)9-14(22)17-5-4-13-19-11(3)8-15(23)20-13/h8,10,12H,4-7,9H2,1-3H3,(H,17,22)(H,18,24)(H,19,20,23)/t12-/m0/s1. The van der Waals surface area contributed by atoms with Gasteiger partial charge in [0.2, 0.25) is 11.8 Å². The van der Waals surface area contributed by atoms with Crippen molar-refractivity contribution < 1.29 is 9.59 Å². The number of nitrogens with zero attached hydrogens (tertiary/aromatic N) is 2. The van der Waals surface area contributed by atoms with Crippen LogP contribution in [0.1, 0.15) is 31.8 Å². The topological polar surface area (TPSA) is 107 Å². The summed E-state index contributed by atoms with van der Waals surface area (Å²) in [5.41, 5.74) is 0.446. The van der Waals surface area contributed by atoms with Gasteiger partial charge in [-0.15, -0.1) is 0 Å². The second-order valence-corrected chi connectivity index (χ2v) is 6.28. The van der Waals surface area contributed by atoms with Crippen molar-refractivity contribution in [3.8, 4) is 0 Å². The van der Waals surface area contributed by atoms with Gasteiger partial charge in [-0.3, -0.25) is 19.3 Å². The van der Waals surface area contributed by atoms with E-state index in [4.69, 9.17) is 0 Å². The third kappa shape index (κ3) is 4.89. The number of H-pyrrole nitrogens is 1. The maximum absolute atomic E-state index is 12.1. The average Bonchev–Trinajstić information content (AvgIpc) is 2.48. The first kappa shape index (κ1) is 18.1. The maximum atomic E-state index is 12.1. The molecule has 1 aliphatic heterocycles. The predicted molar refractivity (Wildman–Crippen MR) is 89.6 cm³/mol. The van der Waals surface area contributed by atoms with Crippen molar-refractivity contribution >= 4 is 11.8 Å². The van der Waals surface area contributed by atoms with Gasteiger partial charge in [-0.2, -0.15) is 0 Å². The lowest BCUT2D eigenvalue weighted by Crippen LogP contribution is -2.58. The Morgan fingerprint density at radius 3 is 2.88 bits per heavy atom. The summed E-state index contributed by atoms with van der Waals surface area (Å²) in [5, 5.41) is 5.60. The Kier molecular flexibility index (Phi) is 6.08. The molecule has 1 aliphatic rings. The van der Waals surface area contributed by atoms with Crippen LogP contribution in [0.2, 0.25) is 0 Å². The summed E-state index contributed by atoms with van der Waals surface area (Å²) < 4.78 is 0. The maximum Gasteiger partial charge on any atom is 0.251 e. The normalized spacial score (nSPS) is 18.5. The Balaban J connectivity index is 1.85. The third-order valence-electron chi connectivity index (χ3n) is 4.02. The zero-order valence-corrected chi connectivity index (χ0v) is 14.4. The molecule has 1 saturated heterocycles. The number of amides is 2. The number of hydrogen-bond donors (Lipinski definition) is 3. The Morgan fingerprint density at radius 1 is 1.46 bits per heavy atom. The van der Waals surface area contributed by atoms with E-state index in [2.05, 4.69) is 20.6 Å².